The van der Waals surface area contributed by atoms with E-state index >= 15 is 0 Å². The van der Waals surface area contributed by atoms with Crippen LogP contribution in [0.1, 0.15) is 56.7 Å². The Kier molecular flexibility index (Phi) is 6.06. The lowest BCUT2D eigenvalue weighted by Crippen LogP contribution is -2.17. The van der Waals surface area contributed by atoms with Crippen LogP contribution in [0, 0.1) is 0 Å². The molecule has 0 aromatic heterocycles. The SMILES string of the molecule is [2H]c1c([2H])c([2H])c(Oc2c(NCCCC)cc(C(=O)OCCCC)cc2S(N)(=O)=O)c([2H])c1[2H]. The Morgan fingerprint density at radius 2 is 1.83 bits per heavy atom. The first-order valence-electron chi connectivity index (χ1n) is 11.8. The lowest BCUT2D eigenvalue weighted by atomic mass is 10.1. The van der Waals surface area contributed by atoms with Gasteiger partial charge in [0, 0.05) is 6.54 Å². The van der Waals surface area contributed by atoms with Gasteiger partial charge in [-0.15, -0.1) is 0 Å². The number of ether oxygens (including phenoxy) is 2. The molecular weight excluding hydrogens is 392 g/mol. The summed E-state index contributed by atoms with van der Waals surface area (Å²) in [6, 6.07) is -0.930. The summed E-state index contributed by atoms with van der Waals surface area (Å²) in [7, 11) is -4.47. The van der Waals surface area contributed by atoms with Gasteiger partial charge in [0.05, 0.1) is 24.7 Å². The molecule has 2 aromatic rings. The van der Waals surface area contributed by atoms with Crippen molar-refractivity contribution < 1.29 is 29.5 Å². The molecule has 2 rings (SSSR count). The Hall–Kier alpha value is -2.58. The number of sulfonamides is 1. The molecule has 0 amide bonds. The first-order valence-corrected chi connectivity index (χ1v) is 10.8. The van der Waals surface area contributed by atoms with Crippen LogP contribution in [0.3, 0.4) is 0 Å². The van der Waals surface area contributed by atoms with Crippen molar-refractivity contribution in [2.75, 3.05) is 18.5 Å². The molecule has 0 unspecified atom stereocenters. The molecule has 29 heavy (non-hydrogen) atoms. The number of rotatable bonds is 11. The lowest BCUT2D eigenvalue weighted by molar-refractivity contribution is 0.0499. The summed E-state index contributed by atoms with van der Waals surface area (Å²) in [5.74, 6) is -1.72. The number of carbonyl (C=O) groups excluding carboxylic acids is 1. The number of benzene rings is 2. The molecule has 0 saturated heterocycles. The van der Waals surface area contributed by atoms with Crippen molar-refractivity contribution in [3.8, 4) is 11.5 Å². The minimum Gasteiger partial charge on any atom is -0.462 e. The molecule has 0 fully saturated rings. The third-order valence-electron chi connectivity index (χ3n) is 3.86. The Bertz CT molecular complexity index is 1150. The second-order valence-corrected chi connectivity index (χ2v) is 7.75. The van der Waals surface area contributed by atoms with Gasteiger partial charge in [0.1, 0.15) is 10.6 Å². The molecule has 7 nitrogen and oxygen atoms in total. The summed E-state index contributed by atoms with van der Waals surface area (Å²) in [5.41, 5.74) is -0.0400. The van der Waals surface area contributed by atoms with Gasteiger partial charge >= 0.3 is 5.97 Å². The van der Waals surface area contributed by atoms with Gasteiger partial charge in [-0.05, 0) is 37.1 Å². The second-order valence-electron chi connectivity index (χ2n) is 6.22. The Morgan fingerprint density at radius 1 is 1.14 bits per heavy atom. The molecular formula is C21H28N2O5S. The number of anilines is 1. The van der Waals surface area contributed by atoms with E-state index in [9.17, 15) is 13.2 Å². The molecule has 0 bridgehead atoms. The van der Waals surface area contributed by atoms with Gasteiger partial charge in [-0.3, -0.25) is 0 Å². The quantitative estimate of drug-likeness (QED) is 0.411. The Balaban J connectivity index is 2.71. The molecule has 8 heteroatoms. The summed E-state index contributed by atoms with van der Waals surface area (Å²) >= 11 is 0. The number of hydrogen-bond donors (Lipinski definition) is 2. The highest BCUT2D eigenvalue weighted by atomic mass is 32.2. The van der Waals surface area contributed by atoms with Gasteiger partial charge in [-0.1, -0.05) is 44.8 Å². The van der Waals surface area contributed by atoms with E-state index in [0.717, 1.165) is 18.9 Å². The Labute approximate surface area is 179 Å². The van der Waals surface area contributed by atoms with Crippen molar-refractivity contribution in [3.63, 3.8) is 0 Å². The van der Waals surface area contributed by atoms with Crippen molar-refractivity contribution >= 4 is 21.7 Å². The van der Waals surface area contributed by atoms with E-state index in [-0.39, 0.29) is 23.6 Å². The van der Waals surface area contributed by atoms with Crippen LogP contribution in [0.5, 0.6) is 11.5 Å². The zero-order valence-electron chi connectivity index (χ0n) is 21.4. The minimum absolute atomic E-state index is 0.0502. The van der Waals surface area contributed by atoms with E-state index in [1.807, 2.05) is 13.8 Å². The van der Waals surface area contributed by atoms with E-state index in [1.54, 1.807) is 0 Å². The average Bonchev–Trinajstić information content (AvgIpc) is 2.79. The van der Waals surface area contributed by atoms with Crippen LogP contribution in [0.2, 0.25) is 0 Å². The summed E-state index contributed by atoms with van der Waals surface area (Å²) in [6.07, 6.45) is 2.94. The average molecular weight is 426 g/mol. The fraction of sp³-hybridized carbons (Fsp3) is 0.381. The van der Waals surface area contributed by atoms with Crippen LogP contribution in [0.25, 0.3) is 0 Å². The maximum absolute atomic E-state index is 12.5. The summed E-state index contributed by atoms with van der Waals surface area (Å²) in [5, 5.41) is 8.38. The van der Waals surface area contributed by atoms with Crippen LogP contribution in [0.15, 0.2) is 47.2 Å². The van der Waals surface area contributed by atoms with Crippen LogP contribution in [0.4, 0.5) is 5.69 Å². The number of primary sulfonamides is 1. The number of esters is 1. The van der Waals surface area contributed by atoms with Gasteiger partial charge in [0.2, 0.25) is 10.0 Å². The number of para-hydroxylation sites is 1. The third-order valence-corrected chi connectivity index (χ3v) is 4.77. The highest BCUT2D eigenvalue weighted by Gasteiger charge is 2.24. The fourth-order valence-corrected chi connectivity index (χ4v) is 3.05. The first kappa shape index (κ1) is 16.2. The highest BCUT2D eigenvalue weighted by molar-refractivity contribution is 7.89. The smallest absolute Gasteiger partial charge is 0.338 e. The number of nitrogens with two attached hydrogens (primary N) is 1. The fourth-order valence-electron chi connectivity index (χ4n) is 2.35. The van der Waals surface area contributed by atoms with Crippen molar-refractivity contribution in [1.82, 2.24) is 0 Å². The second kappa shape index (κ2) is 10.8. The predicted octanol–water partition coefficient (Wildman–Crippen LogP) is 4.30. The van der Waals surface area contributed by atoms with Crippen LogP contribution >= 0.6 is 0 Å². The monoisotopic (exact) mass is 425 g/mol. The lowest BCUT2D eigenvalue weighted by Gasteiger charge is -2.17. The van der Waals surface area contributed by atoms with E-state index in [4.69, 9.17) is 21.5 Å². The number of hydrogen-bond acceptors (Lipinski definition) is 6. The van der Waals surface area contributed by atoms with Crippen molar-refractivity contribution in [3.05, 3.63) is 47.9 Å². The van der Waals surface area contributed by atoms with E-state index < -0.39 is 56.8 Å². The first-order chi connectivity index (χ1) is 15.9. The van der Waals surface area contributed by atoms with E-state index in [2.05, 4.69) is 5.32 Å². The minimum atomic E-state index is -4.47. The van der Waals surface area contributed by atoms with Gasteiger partial charge in [0.25, 0.3) is 0 Å². The standard InChI is InChI=1S/C21H28N2O5S/c1-3-5-12-23-18-14-16(21(24)27-13-6-4-2)15-19(29(22,25)26)20(18)28-17-10-8-7-9-11-17/h7-11,14-15,23H,3-6,12-13H2,1-2H3,(H2,22,25,26)/i7D,8D,9D,10D,11D. The normalized spacial score (nSPS) is 13.6. The number of unbranched alkanes of at least 4 members (excludes halogenated alkanes) is 2. The number of nitrogens with one attached hydrogen (secondary N) is 1. The Morgan fingerprint density at radius 3 is 2.45 bits per heavy atom. The molecule has 0 aliphatic carbocycles. The molecule has 0 atom stereocenters. The molecule has 2 aromatic carbocycles. The van der Waals surface area contributed by atoms with Crippen molar-refractivity contribution in [1.29, 1.82) is 0 Å². The highest BCUT2D eigenvalue weighted by Crippen LogP contribution is 2.37. The van der Waals surface area contributed by atoms with Gasteiger partial charge in [-0.25, -0.2) is 18.4 Å². The molecule has 0 aliphatic rings. The third kappa shape index (κ3) is 6.76. The van der Waals surface area contributed by atoms with Gasteiger partial charge in [0.15, 0.2) is 5.75 Å². The molecule has 0 radical (unpaired) electrons. The van der Waals surface area contributed by atoms with Crippen LogP contribution in [-0.2, 0) is 14.8 Å². The van der Waals surface area contributed by atoms with E-state index in [1.165, 1.54) is 6.07 Å². The molecule has 158 valence electrons. The maximum Gasteiger partial charge on any atom is 0.338 e. The van der Waals surface area contributed by atoms with Crippen molar-refractivity contribution in [2.45, 2.75) is 44.4 Å². The van der Waals surface area contributed by atoms with Crippen LogP contribution in [-0.4, -0.2) is 27.5 Å². The molecule has 0 aliphatic heterocycles. The molecule has 0 spiro atoms. The van der Waals surface area contributed by atoms with E-state index in [0.29, 0.717) is 19.4 Å². The van der Waals surface area contributed by atoms with Gasteiger partial charge in [-0.2, -0.15) is 0 Å². The summed E-state index contributed by atoms with van der Waals surface area (Å²) < 4.78 is 75.2. The summed E-state index contributed by atoms with van der Waals surface area (Å²) in [4.78, 5) is 11.9. The zero-order valence-corrected chi connectivity index (χ0v) is 17.2. The molecule has 0 heterocycles. The molecule has 0 saturated carbocycles. The number of carbonyl (C=O) groups is 1. The molecule has 3 N–H and O–H groups in total. The maximum atomic E-state index is 12.5. The van der Waals surface area contributed by atoms with Gasteiger partial charge < -0.3 is 14.8 Å². The summed E-state index contributed by atoms with van der Waals surface area (Å²) in [6.45, 7) is 4.40. The predicted molar refractivity (Wildman–Crippen MR) is 113 cm³/mol. The van der Waals surface area contributed by atoms with Crippen LogP contribution < -0.4 is 15.2 Å². The largest absolute Gasteiger partial charge is 0.462 e. The topological polar surface area (TPSA) is 108 Å². The zero-order chi connectivity index (χ0) is 25.6. The van der Waals surface area contributed by atoms with Crippen molar-refractivity contribution in [2.24, 2.45) is 5.14 Å².